The highest BCUT2D eigenvalue weighted by Gasteiger charge is 2.16. The molecule has 22 heavy (non-hydrogen) atoms. The zero-order chi connectivity index (χ0) is 15.7. The van der Waals surface area contributed by atoms with Crippen molar-refractivity contribution in [2.45, 2.75) is 6.92 Å². The highest BCUT2D eigenvalue weighted by molar-refractivity contribution is 7.12. The summed E-state index contributed by atoms with van der Waals surface area (Å²) >= 11 is 1.20. The molecule has 0 radical (unpaired) electrons. The second-order valence-corrected chi connectivity index (χ2v) is 5.34. The number of anilines is 1. The Morgan fingerprint density at radius 2 is 2.05 bits per heavy atom. The van der Waals surface area contributed by atoms with Gasteiger partial charge in [0, 0.05) is 6.07 Å². The van der Waals surface area contributed by atoms with E-state index < -0.39 is 11.6 Å². The molecule has 0 saturated carbocycles. The zero-order valence-corrected chi connectivity index (χ0v) is 12.2. The van der Waals surface area contributed by atoms with Crippen LogP contribution in [0, 0.1) is 18.6 Å². The summed E-state index contributed by atoms with van der Waals surface area (Å²) in [5, 5.41) is 8.92. The number of nitrogens with zero attached hydrogens (tertiary/aromatic N) is 2. The molecule has 0 saturated heterocycles. The summed E-state index contributed by atoms with van der Waals surface area (Å²) in [7, 11) is 0. The third kappa shape index (κ3) is 2.60. The maximum Gasteiger partial charge on any atom is 0.268 e. The molecule has 3 aromatic rings. The van der Waals surface area contributed by atoms with Gasteiger partial charge in [0.05, 0.1) is 22.5 Å². The molecule has 0 spiro atoms. The number of aromatic amines is 1. The largest absolute Gasteiger partial charge is 0.304 e. The number of nitrogens with one attached hydrogen (secondary N) is 2. The van der Waals surface area contributed by atoms with Crippen LogP contribution in [-0.2, 0) is 0 Å². The van der Waals surface area contributed by atoms with E-state index in [1.807, 2.05) is 0 Å². The van der Waals surface area contributed by atoms with Crippen molar-refractivity contribution in [3.05, 3.63) is 52.0 Å². The summed E-state index contributed by atoms with van der Waals surface area (Å²) in [6, 6.07) is 4.95. The predicted molar refractivity (Wildman–Crippen MR) is 78.7 cm³/mol. The molecule has 0 bridgehead atoms. The number of aryl methyl sites for hydroxylation is 1. The van der Waals surface area contributed by atoms with Gasteiger partial charge >= 0.3 is 0 Å². The van der Waals surface area contributed by atoms with Crippen LogP contribution >= 0.6 is 11.3 Å². The van der Waals surface area contributed by atoms with Crippen LogP contribution in [-0.4, -0.2) is 21.1 Å². The Bertz CT molecular complexity index is 823. The zero-order valence-electron chi connectivity index (χ0n) is 11.4. The Morgan fingerprint density at radius 3 is 2.68 bits per heavy atom. The van der Waals surface area contributed by atoms with Gasteiger partial charge in [-0.15, -0.1) is 11.3 Å². The lowest BCUT2D eigenvalue weighted by Crippen LogP contribution is -2.11. The molecule has 0 aliphatic rings. The lowest BCUT2D eigenvalue weighted by molar-refractivity contribution is 0.102. The van der Waals surface area contributed by atoms with Crippen molar-refractivity contribution in [1.82, 2.24) is 15.2 Å². The molecule has 2 aromatic heterocycles. The molecule has 0 unspecified atom stereocenters. The van der Waals surface area contributed by atoms with Crippen molar-refractivity contribution < 1.29 is 13.6 Å². The van der Waals surface area contributed by atoms with E-state index in [0.29, 0.717) is 10.6 Å². The van der Waals surface area contributed by atoms with Crippen LogP contribution in [0.3, 0.4) is 0 Å². The SMILES string of the molecule is Cc1ncsc1C(=O)Nc1cc(-c2c(F)cccc2F)[nH]n1. The maximum absolute atomic E-state index is 13.7. The van der Waals surface area contributed by atoms with Crippen LogP contribution in [0.15, 0.2) is 29.8 Å². The van der Waals surface area contributed by atoms with E-state index in [-0.39, 0.29) is 23.0 Å². The van der Waals surface area contributed by atoms with E-state index in [9.17, 15) is 13.6 Å². The van der Waals surface area contributed by atoms with Crippen molar-refractivity contribution in [3.8, 4) is 11.3 Å². The molecule has 1 aromatic carbocycles. The number of carbonyl (C=O) groups is 1. The number of benzene rings is 1. The van der Waals surface area contributed by atoms with Crippen molar-refractivity contribution in [3.63, 3.8) is 0 Å². The number of hydrogen-bond donors (Lipinski definition) is 2. The first-order valence-electron chi connectivity index (χ1n) is 6.27. The van der Waals surface area contributed by atoms with E-state index in [0.717, 1.165) is 12.1 Å². The van der Waals surface area contributed by atoms with Crippen molar-refractivity contribution in [2.75, 3.05) is 5.32 Å². The summed E-state index contributed by atoms with van der Waals surface area (Å²) in [5.41, 5.74) is 2.10. The Hall–Kier alpha value is -2.61. The molecule has 112 valence electrons. The molecule has 1 amide bonds. The van der Waals surface area contributed by atoms with Gasteiger partial charge < -0.3 is 5.32 Å². The summed E-state index contributed by atoms with van der Waals surface area (Å²) in [4.78, 5) is 16.5. The average molecular weight is 320 g/mol. The lowest BCUT2D eigenvalue weighted by atomic mass is 10.1. The first-order chi connectivity index (χ1) is 10.6. The van der Waals surface area contributed by atoms with Gasteiger partial charge in [-0.05, 0) is 19.1 Å². The Balaban J connectivity index is 1.86. The van der Waals surface area contributed by atoms with E-state index in [1.165, 1.54) is 23.5 Å². The molecule has 0 aliphatic heterocycles. The first kappa shape index (κ1) is 14.3. The molecular formula is C14H10F2N4OS. The monoisotopic (exact) mass is 320 g/mol. The fraction of sp³-hybridized carbons (Fsp3) is 0.0714. The van der Waals surface area contributed by atoms with Crippen LogP contribution in [0.1, 0.15) is 15.4 Å². The molecule has 8 heteroatoms. The number of amides is 1. The average Bonchev–Trinajstić information content (AvgIpc) is 3.08. The van der Waals surface area contributed by atoms with Gasteiger partial charge in [0.1, 0.15) is 16.5 Å². The Labute approximate surface area is 128 Å². The number of rotatable bonds is 3. The van der Waals surface area contributed by atoms with Crippen molar-refractivity contribution in [2.24, 2.45) is 0 Å². The van der Waals surface area contributed by atoms with Gasteiger partial charge in [-0.2, -0.15) is 5.10 Å². The molecule has 2 heterocycles. The normalized spacial score (nSPS) is 10.7. The van der Waals surface area contributed by atoms with E-state index in [2.05, 4.69) is 20.5 Å². The topological polar surface area (TPSA) is 70.7 Å². The van der Waals surface area contributed by atoms with Gasteiger partial charge in [0.25, 0.3) is 5.91 Å². The number of halogens is 2. The molecule has 3 rings (SSSR count). The first-order valence-corrected chi connectivity index (χ1v) is 7.15. The second-order valence-electron chi connectivity index (χ2n) is 4.48. The van der Waals surface area contributed by atoms with Crippen LogP contribution in [0.4, 0.5) is 14.6 Å². The van der Waals surface area contributed by atoms with Crippen LogP contribution in [0.2, 0.25) is 0 Å². The van der Waals surface area contributed by atoms with Gasteiger partial charge in [-0.25, -0.2) is 13.8 Å². The minimum Gasteiger partial charge on any atom is -0.304 e. The highest BCUT2D eigenvalue weighted by Crippen LogP contribution is 2.26. The fourth-order valence-corrected chi connectivity index (χ4v) is 2.66. The van der Waals surface area contributed by atoms with Crippen LogP contribution in [0.25, 0.3) is 11.3 Å². The highest BCUT2D eigenvalue weighted by atomic mass is 32.1. The number of thiazole rings is 1. The molecule has 2 N–H and O–H groups in total. The molecule has 0 fully saturated rings. The summed E-state index contributed by atoms with van der Waals surface area (Å²) in [6.45, 7) is 1.72. The summed E-state index contributed by atoms with van der Waals surface area (Å²) in [6.07, 6.45) is 0. The van der Waals surface area contributed by atoms with Crippen LogP contribution < -0.4 is 5.32 Å². The Morgan fingerprint density at radius 1 is 1.32 bits per heavy atom. The van der Waals surface area contributed by atoms with Crippen molar-refractivity contribution in [1.29, 1.82) is 0 Å². The molecule has 0 aliphatic carbocycles. The van der Waals surface area contributed by atoms with Crippen molar-refractivity contribution >= 4 is 23.1 Å². The third-order valence-corrected chi connectivity index (χ3v) is 3.93. The van der Waals surface area contributed by atoms with E-state index in [1.54, 1.807) is 12.4 Å². The minimum absolute atomic E-state index is 0.145. The standard InChI is InChI=1S/C14H10F2N4OS/c1-7-13(22-6-17-7)14(21)18-11-5-10(19-20-11)12-8(15)3-2-4-9(12)16/h2-6H,1H3,(H2,18,19,20,21). The number of aromatic nitrogens is 3. The molecular weight excluding hydrogens is 310 g/mol. The van der Waals surface area contributed by atoms with Gasteiger partial charge in [-0.1, -0.05) is 6.07 Å². The third-order valence-electron chi connectivity index (χ3n) is 3.00. The van der Waals surface area contributed by atoms with Crippen LogP contribution in [0.5, 0.6) is 0 Å². The summed E-state index contributed by atoms with van der Waals surface area (Å²) < 4.78 is 27.4. The van der Waals surface area contributed by atoms with Gasteiger partial charge in [0.15, 0.2) is 5.82 Å². The van der Waals surface area contributed by atoms with E-state index in [4.69, 9.17) is 0 Å². The van der Waals surface area contributed by atoms with Gasteiger partial charge in [-0.3, -0.25) is 9.89 Å². The number of hydrogen-bond acceptors (Lipinski definition) is 4. The number of carbonyl (C=O) groups excluding carboxylic acids is 1. The smallest absolute Gasteiger partial charge is 0.268 e. The quantitative estimate of drug-likeness (QED) is 0.777. The fourth-order valence-electron chi connectivity index (χ4n) is 1.96. The summed E-state index contributed by atoms with van der Waals surface area (Å²) in [5.74, 6) is -1.61. The minimum atomic E-state index is -0.708. The van der Waals surface area contributed by atoms with Gasteiger partial charge in [0.2, 0.25) is 0 Å². The van der Waals surface area contributed by atoms with E-state index >= 15 is 0 Å². The number of H-pyrrole nitrogens is 1. The Kier molecular flexibility index (Phi) is 3.68. The molecule has 0 atom stereocenters. The predicted octanol–water partition coefficient (Wildman–Crippen LogP) is 3.37. The maximum atomic E-state index is 13.7. The lowest BCUT2D eigenvalue weighted by Gasteiger charge is -2.01. The second kappa shape index (κ2) is 5.64. The molecule has 5 nitrogen and oxygen atoms in total.